The number of hydrogen-bond acceptors (Lipinski definition) is 5. The normalized spacial score (nSPS) is 13.6. The molecule has 1 aromatic rings. The van der Waals surface area contributed by atoms with E-state index >= 15 is 0 Å². The third kappa shape index (κ3) is 3.43. The SMILES string of the molecule is CC(C)(C(=O)NOCC(=O)O)c1ccc2c(c1)OCCO2. The highest BCUT2D eigenvalue weighted by Gasteiger charge is 2.31. The van der Waals surface area contributed by atoms with Crippen LogP contribution in [0, 0.1) is 0 Å². The molecule has 0 fully saturated rings. The van der Waals surface area contributed by atoms with Crippen molar-refractivity contribution in [3.63, 3.8) is 0 Å². The number of fused-ring (bicyclic) bond motifs is 1. The Balaban J connectivity index is 2.11. The summed E-state index contributed by atoms with van der Waals surface area (Å²) >= 11 is 0. The van der Waals surface area contributed by atoms with E-state index in [2.05, 4.69) is 10.3 Å². The van der Waals surface area contributed by atoms with Gasteiger partial charge in [0.25, 0.3) is 5.91 Å². The molecule has 0 saturated carbocycles. The quantitative estimate of drug-likeness (QED) is 0.783. The highest BCUT2D eigenvalue weighted by molar-refractivity contribution is 5.86. The monoisotopic (exact) mass is 295 g/mol. The van der Waals surface area contributed by atoms with Crippen LogP contribution in [0.3, 0.4) is 0 Å². The second-order valence-corrected chi connectivity index (χ2v) is 5.10. The molecule has 1 aliphatic heterocycles. The summed E-state index contributed by atoms with van der Waals surface area (Å²) in [5.41, 5.74) is 1.94. The maximum absolute atomic E-state index is 12.1. The number of hydroxylamine groups is 1. The molecule has 2 N–H and O–H groups in total. The molecule has 0 radical (unpaired) electrons. The van der Waals surface area contributed by atoms with E-state index in [-0.39, 0.29) is 0 Å². The van der Waals surface area contributed by atoms with Crippen LogP contribution >= 0.6 is 0 Å². The van der Waals surface area contributed by atoms with Crippen LogP contribution in [-0.4, -0.2) is 36.8 Å². The lowest BCUT2D eigenvalue weighted by Crippen LogP contribution is -2.40. The molecule has 1 heterocycles. The van der Waals surface area contributed by atoms with E-state index in [1.165, 1.54) is 0 Å². The van der Waals surface area contributed by atoms with Gasteiger partial charge >= 0.3 is 5.97 Å². The summed E-state index contributed by atoms with van der Waals surface area (Å²) in [5, 5.41) is 8.47. The van der Waals surface area contributed by atoms with Crippen molar-refractivity contribution in [2.45, 2.75) is 19.3 Å². The van der Waals surface area contributed by atoms with Gasteiger partial charge in [-0.15, -0.1) is 0 Å². The fourth-order valence-corrected chi connectivity index (χ4v) is 1.85. The molecule has 1 aromatic carbocycles. The average Bonchev–Trinajstić information content (AvgIpc) is 2.46. The standard InChI is InChI=1S/C14H17NO6/c1-14(2,13(18)15-21-8-12(16)17)9-3-4-10-11(7-9)20-6-5-19-10/h3-4,7H,5-6,8H2,1-2H3,(H,15,18)(H,16,17). The molecule has 7 heteroatoms. The molecule has 0 aromatic heterocycles. The first-order valence-corrected chi connectivity index (χ1v) is 6.45. The Bertz CT molecular complexity index is 554. The Morgan fingerprint density at radius 2 is 1.95 bits per heavy atom. The minimum absolute atomic E-state index is 0.444. The number of carbonyl (C=O) groups is 2. The number of carboxylic acids is 1. The number of carbonyl (C=O) groups excluding carboxylic acids is 1. The highest BCUT2D eigenvalue weighted by atomic mass is 16.7. The van der Waals surface area contributed by atoms with E-state index in [1.807, 2.05) is 0 Å². The lowest BCUT2D eigenvalue weighted by molar-refractivity contribution is -0.151. The number of hydrogen-bond donors (Lipinski definition) is 2. The van der Waals surface area contributed by atoms with Gasteiger partial charge in [0.15, 0.2) is 18.1 Å². The van der Waals surface area contributed by atoms with E-state index in [4.69, 9.17) is 14.6 Å². The number of ether oxygens (including phenoxy) is 2. The number of rotatable bonds is 5. The summed E-state index contributed by atoms with van der Waals surface area (Å²) < 4.78 is 10.9. The molecule has 2 rings (SSSR count). The maximum atomic E-state index is 12.1. The van der Waals surface area contributed by atoms with Gasteiger partial charge in [0, 0.05) is 0 Å². The Kier molecular flexibility index (Phi) is 4.32. The van der Waals surface area contributed by atoms with Crippen LogP contribution < -0.4 is 15.0 Å². The predicted molar refractivity (Wildman–Crippen MR) is 72.2 cm³/mol. The number of nitrogens with one attached hydrogen (secondary N) is 1. The Morgan fingerprint density at radius 1 is 1.29 bits per heavy atom. The molecular formula is C14H17NO6. The molecule has 1 amide bonds. The van der Waals surface area contributed by atoms with E-state index in [1.54, 1.807) is 32.0 Å². The Hall–Kier alpha value is -2.28. The lowest BCUT2D eigenvalue weighted by Gasteiger charge is -2.26. The summed E-state index contributed by atoms with van der Waals surface area (Å²) in [4.78, 5) is 27.1. The summed E-state index contributed by atoms with van der Waals surface area (Å²) in [7, 11) is 0. The van der Waals surface area contributed by atoms with Crippen LogP contribution in [0.2, 0.25) is 0 Å². The molecule has 0 unspecified atom stereocenters. The zero-order valence-corrected chi connectivity index (χ0v) is 11.8. The number of aliphatic carboxylic acids is 1. The second kappa shape index (κ2) is 6.01. The van der Waals surface area contributed by atoms with Gasteiger partial charge in [0.2, 0.25) is 0 Å². The molecule has 0 aliphatic carbocycles. The van der Waals surface area contributed by atoms with E-state index in [0.717, 1.165) is 0 Å². The Labute approximate surface area is 121 Å². The maximum Gasteiger partial charge on any atom is 0.332 e. The van der Waals surface area contributed by atoms with Crippen molar-refractivity contribution in [3.05, 3.63) is 23.8 Å². The van der Waals surface area contributed by atoms with Crippen LogP contribution in [-0.2, 0) is 19.8 Å². The first-order valence-electron chi connectivity index (χ1n) is 6.45. The van der Waals surface area contributed by atoms with Crippen LogP contribution in [0.25, 0.3) is 0 Å². The number of benzene rings is 1. The molecule has 21 heavy (non-hydrogen) atoms. The van der Waals surface area contributed by atoms with Gasteiger partial charge in [0.05, 0.1) is 5.41 Å². The third-order valence-electron chi connectivity index (χ3n) is 3.19. The smallest absolute Gasteiger partial charge is 0.332 e. The van der Waals surface area contributed by atoms with Gasteiger partial charge in [-0.3, -0.25) is 9.63 Å². The largest absolute Gasteiger partial charge is 0.486 e. The molecule has 0 spiro atoms. The van der Waals surface area contributed by atoms with Crippen LogP contribution in [0.1, 0.15) is 19.4 Å². The zero-order chi connectivity index (χ0) is 15.5. The number of amides is 1. The van der Waals surface area contributed by atoms with Crippen LogP contribution in [0.4, 0.5) is 0 Å². The first-order chi connectivity index (χ1) is 9.91. The molecule has 7 nitrogen and oxygen atoms in total. The third-order valence-corrected chi connectivity index (χ3v) is 3.19. The summed E-state index contributed by atoms with van der Waals surface area (Å²) in [6.45, 7) is 3.78. The minimum atomic E-state index is -1.16. The molecule has 114 valence electrons. The fourth-order valence-electron chi connectivity index (χ4n) is 1.85. The van der Waals surface area contributed by atoms with Gasteiger partial charge in [-0.2, -0.15) is 0 Å². The van der Waals surface area contributed by atoms with Crippen molar-refractivity contribution in [2.24, 2.45) is 0 Å². The molecule has 0 atom stereocenters. The fraction of sp³-hybridized carbons (Fsp3) is 0.429. The minimum Gasteiger partial charge on any atom is -0.486 e. The average molecular weight is 295 g/mol. The molecular weight excluding hydrogens is 278 g/mol. The van der Waals surface area contributed by atoms with Crippen LogP contribution in [0.5, 0.6) is 11.5 Å². The van der Waals surface area contributed by atoms with E-state index in [9.17, 15) is 9.59 Å². The first kappa shape index (κ1) is 15.1. The second-order valence-electron chi connectivity index (χ2n) is 5.10. The van der Waals surface area contributed by atoms with Gasteiger partial charge in [-0.1, -0.05) is 6.07 Å². The van der Waals surface area contributed by atoms with Crippen molar-refractivity contribution >= 4 is 11.9 Å². The zero-order valence-electron chi connectivity index (χ0n) is 11.8. The summed E-state index contributed by atoms with van der Waals surface area (Å²) in [6.07, 6.45) is 0. The topological polar surface area (TPSA) is 94.1 Å². The summed E-state index contributed by atoms with van der Waals surface area (Å²) in [5.74, 6) is -0.373. The van der Waals surface area contributed by atoms with Crippen molar-refractivity contribution in [1.82, 2.24) is 5.48 Å². The predicted octanol–water partition coefficient (Wildman–Crippen LogP) is 0.868. The van der Waals surface area contributed by atoms with Gasteiger partial charge in [-0.05, 0) is 31.5 Å². The van der Waals surface area contributed by atoms with Crippen molar-refractivity contribution in [1.29, 1.82) is 0 Å². The molecule has 0 bridgehead atoms. The highest BCUT2D eigenvalue weighted by Crippen LogP contribution is 2.35. The van der Waals surface area contributed by atoms with Gasteiger partial charge in [0.1, 0.15) is 13.2 Å². The number of carboxylic acid groups (broad SMARTS) is 1. The molecule has 0 saturated heterocycles. The van der Waals surface area contributed by atoms with E-state index in [0.29, 0.717) is 30.3 Å². The Morgan fingerprint density at radius 3 is 2.62 bits per heavy atom. The van der Waals surface area contributed by atoms with Crippen molar-refractivity contribution < 1.29 is 29.0 Å². The van der Waals surface area contributed by atoms with Crippen molar-refractivity contribution in [3.8, 4) is 11.5 Å². The van der Waals surface area contributed by atoms with Gasteiger partial charge < -0.3 is 14.6 Å². The molecule has 1 aliphatic rings. The van der Waals surface area contributed by atoms with Crippen LogP contribution in [0.15, 0.2) is 18.2 Å². The van der Waals surface area contributed by atoms with Gasteiger partial charge in [-0.25, -0.2) is 10.3 Å². The lowest BCUT2D eigenvalue weighted by atomic mass is 9.84. The summed E-state index contributed by atoms with van der Waals surface area (Å²) in [6, 6.07) is 5.26. The van der Waals surface area contributed by atoms with Crippen molar-refractivity contribution in [2.75, 3.05) is 19.8 Å². The van der Waals surface area contributed by atoms with E-state index < -0.39 is 23.9 Å².